The van der Waals surface area contributed by atoms with Gasteiger partial charge in [-0.3, -0.25) is 4.79 Å². The second kappa shape index (κ2) is 10.9. The van der Waals surface area contributed by atoms with Crippen molar-refractivity contribution in [3.8, 4) is 36.2 Å². The monoisotopic (exact) mass is 439 g/mol. The third-order valence-corrected chi connectivity index (χ3v) is 5.43. The average molecular weight is 440 g/mol. The number of benzene rings is 1. The molecule has 166 valence electrons. The third kappa shape index (κ3) is 5.34. The lowest BCUT2D eigenvalue weighted by Gasteiger charge is -2.33. The van der Waals surface area contributed by atoms with Crippen LogP contribution in [0.1, 0.15) is 39.9 Å². The Kier molecular flexibility index (Phi) is 7.73. The van der Waals surface area contributed by atoms with Gasteiger partial charge < -0.3 is 9.64 Å². The van der Waals surface area contributed by atoms with Crippen molar-refractivity contribution in [2.75, 3.05) is 13.1 Å². The molecule has 1 aliphatic rings. The number of terminal acetylenes is 1. The molecule has 1 aliphatic heterocycles. The highest BCUT2D eigenvalue weighted by molar-refractivity contribution is 6.00. The van der Waals surface area contributed by atoms with E-state index in [1.807, 2.05) is 36.9 Å². The SMILES string of the molecule is C#C.Cc1ccc(C(=O)N2CCC[C@@H](Oc3nccc(C#N)c3C)C2)c(-c2ncccn2)c1. The van der Waals surface area contributed by atoms with Crippen molar-refractivity contribution >= 4 is 5.91 Å². The summed E-state index contributed by atoms with van der Waals surface area (Å²) in [5.41, 5.74) is 3.61. The lowest BCUT2D eigenvalue weighted by molar-refractivity contribution is 0.0527. The Labute approximate surface area is 194 Å². The zero-order valence-electron chi connectivity index (χ0n) is 18.7. The summed E-state index contributed by atoms with van der Waals surface area (Å²) < 4.78 is 6.10. The molecule has 33 heavy (non-hydrogen) atoms. The van der Waals surface area contributed by atoms with Crippen LogP contribution in [-0.2, 0) is 0 Å². The van der Waals surface area contributed by atoms with E-state index < -0.39 is 0 Å². The fourth-order valence-corrected chi connectivity index (χ4v) is 3.77. The standard InChI is InChI=1S/C24H23N5O2.C2H2/c1-16-6-7-20(21(13-16)22-26-9-4-10-27-22)24(30)29-12-3-5-19(15-29)31-23-17(2)18(14-25)8-11-28-23;1-2/h4,6-11,13,19H,3,5,12,15H2,1-2H3;1-2H/t19-;/m1./s1. The molecule has 0 N–H and O–H groups in total. The molecule has 3 heterocycles. The Balaban J connectivity index is 0.00000149. The zero-order chi connectivity index (χ0) is 23.8. The molecule has 2 aromatic heterocycles. The van der Waals surface area contributed by atoms with Crippen molar-refractivity contribution in [3.05, 3.63) is 71.2 Å². The molecule has 0 aliphatic carbocycles. The largest absolute Gasteiger partial charge is 0.472 e. The molecule has 7 heteroatoms. The molecule has 3 aromatic rings. The van der Waals surface area contributed by atoms with Crippen LogP contribution in [0, 0.1) is 38.0 Å². The number of carbonyl (C=O) groups is 1. The van der Waals surface area contributed by atoms with Gasteiger partial charge in [0, 0.05) is 36.3 Å². The van der Waals surface area contributed by atoms with Crippen LogP contribution in [-0.4, -0.2) is 45.0 Å². The number of aromatic nitrogens is 3. The summed E-state index contributed by atoms with van der Waals surface area (Å²) in [6.45, 7) is 4.92. The predicted molar refractivity (Wildman–Crippen MR) is 125 cm³/mol. The van der Waals surface area contributed by atoms with Crippen molar-refractivity contribution < 1.29 is 9.53 Å². The first-order chi connectivity index (χ1) is 16.1. The molecule has 0 saturated carbocycles. The highest BCUT2D eigenvalue weighted by Crippen LogP contribution is 2.26. The molecular formula is C26H25N5O2. The van der Waals surface area contributed by atoms with Crippen LogP contribution in [0.5, 0.6) is 5.88 Å². The molecule has 1 aromatic carbocycles. The average Bonchev–Trinajstić information content (AvgIpc) is 2.87. The van der Waals surface area contributed by atoms with E-state index in [4.69, 9.17) is 4.74 Å². The summed E-state index contributed by atoms with van der Waals surface area (Å²) in [7, 11) is 0. The van der Waals surface area contributed by atoms with E-state index in [1.165, 1.54) is 0 Å². The lowest BCUT2D eigenvalue weighted by atomic mass is 10.0. The van der Waals surface area contributed by atoms with E-state index in [-0.39, 0.29) is 12.0 Å². The molecule has 0 spiro atoms. The Morgan fingerprint density at radius 3 is 2.64 bits per heavy atom. The molecule has 1 saturated heterocycles. The Hall–Kier alpha value is -4.23. The van der Waals surface area contributed by atoms with Crippen molar-refractivity contribution in [1.82, 2.24) is 19.9 Å². The van der Waals surface area contributed by atoms with Crippen LogP contribution in [0.2, 0.25) is 0 Å². The summed E-state index contributed by atoms with van der Waals surface area (Å²) in [6, 6.07) is 11.3. The number of hydrogen-bond acceptors (Lipinski definition) is 6. The van der Waals surface area contributed by atoms with Gasteiger partial charge in [-0.15, -0.1) is 12.8 Å². The van der Waals surface area contributed by atoms with Gasteiger partial charge in [0.15, 0.2) is 5.82 Å². The summed E-state index contributed by atoms with van der Waals surface area (Å²) in [6.07, 6.45) is 14.4. The number of ether oxygens (including phenoxy) is 1. The van der Waals surface area contributed by atoms with Gasteiger partial charge in [0.25, 0.3) is 5.91 Å². The van der Waals surface area contributed by atoms with E-state index >= 15 is 0 Å². The second-order valence-corrected chi connectivity index (χ2v) is 7.66. The van der Waals surface area contributed by atoms with Gasteiger partial charge in [-0.05, 0) is 51.0 Å². The number of amides is 1. The fourth-order valence-electron chi connectivity index (χ4n) is 3.77. The van der Waals surface area contributed by atoms with Crippen LogP contribution in [0.3, 0.4) is 0 Å². The molecule has 7 nitrogen and oxygen atoms in total. The van der Waals surface area contributed by atoms with Crippen LogP contribution in [0.4, 0.5) is 0 Å². The van der Waals surface area contributed by atoms with Gasteiger partial charge in [0.05, 0.1) is 23.7 Å². The first kappa shape index (κ1) is 23.4. The van der Waals surface area contributed by atoms with Gasteiger partial charge in [0.2, 0.25) is 5.88 Å². The first-order valence-electron chi connectivity index (χ1n) is 10.6. The quantitative estimate of drug-likeness (QED) is 0.572. The molecule has 0 unspecified atom stereocenters. The van der Waals surface area contributed by atoms with Crippen molar-refractivity contribution in [2.24, 2.45) is 0 Å². The third-order valence-electron chi connectivity index (χ3n) is 5.43. The van der Waals surface area contributed by atoms with E-state index in [2.05, 4.69) is 33.9 Å². The maximum absolute atomic E-state index is 13.4. The van der Waals surface area contributed by atoms with Gasteiger partial charge in [-0.2, -0.15) is 5.26 Å². The maximum atomic E-state index is 13.4. The van der Waals surface area contributed by atoms with Gasteiger partial charge in [-0.25, -0.2) is 15.0 Å². The normalized spacial score (nSPS) is 15.0. The number of carbonyl (C=O) groups excluding carboxylic acids is 1. The van der Waals surface area contributed by atoms with Crippen molar-refractivity contribution in [3.63, 3.8) is 0 Å². The molecular weight excluding hydrogens is 414 g/mol. The van der Waals surface area contributed by atoms with Gasteiger partial charge in [0.1, 0.15) is 6.10 Å². The minimum absolute atomic E-state index is 0.0637. The van der Waals surface area contributed by atoms with Crippen LogP contribution in [0.15, 0.2) is 48.9 Å². The van der Waals surface area contributed by atoms with Crippen LogP contribution >= 0.6 is 0 Å². The Bertz CT molecular complexity index is 1180. The summed E-state index contributed by atoms with van der Waals surface area (Å²) >= 11 is 0. The van der Waals surface area contributed by atoms with E-state index in [1.54, 1.807) is 30.7 Å². The smallest absolute Gasteiger partial charge is 0.254 e. The molecule has 4 rings (SSSR count). The molecule has 1 fully saturated rings. The topological polar surface area (TPSA) is 92.0 Å². The molecule has 0 bridgehead atoms. The number of pyridine rings is 1. The maximum Gasteiger partial charge on any atom is 0.254 e. The lowest BCUT2D eigenvalue weighted by Crippen LogP contribution is -2.44. The van der Waals surface area contributed by atoms with Crippen molar-refractivity contribution in [2.45, 2.75) is 32.8 Å². The number of rotatable bonds is 4. The zero-order valence-corrected chi connectivity index (χ0v) is 18.7. The molecule has 1 amide bonds. The Morgan fingerprint density at radius 2 is 1.91 bits per heavy atom. The molecule has 0 radical (unpaired) electrons. The number of nitriles is 1. The fraction of sp³-hybridized carbons (Fsp3) is 0.269. The van der Waals surface area contributed by atoms with Crippen LogP contribution in [0.25, 0.3) is 11.4 Å². The van der Waals surface area contributed by atoms with E-state index in [9.17, 15) is 10.1 Å². The van der Waals surface area contributed by atoms with Crippen LogP contribution < -0.4 is 4.74 Å². The number of piperidine rings is 1. The minimum Gasteiger partial charge on any atom is -0.472 e. The summed E-state index contributed by atoms with van der Waals surface area (Å²) in [4.78, 5) is 28.2. The van der Waals surface area contributed by atoms with E-state index in [0.717, 1.165) is 29.5 Å². The number of aryl methyl sites for hydroxylation is 1. The van der Waals surface area contributed by atoms with E-state index in [0.29, 0.717) is 35.9 Å². The molecule has 1 atom stereocenters. The second-order valence-electron chi connectivity index (χ2n) is 7.66. The number of likely N-dealkylation sites (tertiary alicyclic amines) is 1. The number of hydrogen-bond donors (Lipinski definition) is 0. The Morgan fingerprint density at radius 1 is 1.15 bits per heavy atom. The summed E-state index contributed by atoms with van der Waals surface area (Å²) in [5.74, 6) is 0.922. The minimum atomic E-state index is -0.181. The number of nitrogens with zero attached hydrogens (tertiary/aromatic N) is 5. The van der Waals surface area contributed by atoms with Gasteiger partial charge in [-0.1, -0.05) is 11.6 Å². The summed E-state index contributed by atoms with van der Waals surface area (Å²) in [5, 5.41) is 9.23. The van der Waals surface area contributed by atoms with Gasteiger partial charge >= 0.3 is 0 Å². The predicted octanol–water partition coefficient (Wildman–Crippen LogP) is 3.96. The van der Waals surface area contributed by atoms with Crippen molar-refractivity contribution in [1.29, 1.82) is 5.26 Å². The first-order valence-corrected chi connectivity index (χ1v) is 10.6. The highest BCUT2D eigenvalue weighted by atomic mass is 16.5. The highest BCUT2D eigenvalue weighted by Gasteiger charge is 2.28.